The molecule has 6 heteroatoms. The monoisotopic (exact) mass is 373 g/mol. The van der Waals surface area contributed by atoms with Gasteiger partial charge in [0.1, 0.15) is 11.3 Å². The Morgan fingerprint density at radius 1 is 1.26 bits per heavy atom. The molecule has 3 rings (SSSR count). The van der Waals surface area contributed by atoms with Crippen molar-refractivity contribution < 1.29 is 13.9 Å². The summed E-state index contributed by atoms with van der Waals surface area (Å²) in [5.74, 6) is -0.231. The van der Waals surface area contributed by atoms with E-state index < -0.39 is 11.6 Å². The predicted molar refractivity (Wildman–Crippen MR) is 88.8 cm³/mol. The fraction of sp³-hybridized carbons (Fsp3) is 0.118. The first kappa shape index (κ1) is 15.4. The molecule has 0 unspecified atom stereocenters. The van der Waals surface area contributed by atoms with E-state index in [1.807, 2.05) is 6.92 Å². The molecule has 0 aliphatic carbocycles. The van der Waals surface area contributed by atoms with Gasteiger partial charge in [-0.05, 0) is 46.1 Å². The Morgan fingerprint density at radius 3 is 2.83 bits per heavy atom. The molecule has 0 aliphatic rings. The number of hydrogen-bond acceptors (Lipinski definition) is 5. The second-order valence-corrected chi connectivity index (χ2v) is 5.80. The Kier molecular flexibility index (Phi) is 4.25. The quantitative estimate of drug-likeness (QED) is 0.397. The highest BCUT2D eigenvalue weighted by atomic mass is 79.9. The van der Waals surface area contributed by atoms with Crippen molar-refractivity contribution in [2.24, 2.45) is 0 Å². The number of carbonyl (C=O) groups is 1. The predicted octanol–water partition coefficient (Wildman–Crippen LogP) is 3.73. The molecule has 0 fully saturated rings. The van der Waals surface area contributed by atoms with Crippen LogP contribution in [0.1, 0.15) is 22.8 Å². The first-order valence-electron chi connectivity index (χ1n) is 6.96. The van der Waals surface area contributed by atoms with Gasteiger partial charge in [-0.3, -0.25) is 4.98 Å². The minimum absolute atomic E-state index is 0.305. The molecule has 3 aromatic rings. The van der Waals surface area contributed by atoms with Crippen LogP contribution >= 0.6 is 15.9 Å². The van der Waals surface area contributed by atoms with Crippen molar-refractivity contribution in [2.75, 3.05) is 0 Å². The van der Waals surface area contributed by atoms with Crippen molar-refractivity contribution in [3.63, 3.8) is 0 Å². The van der Waals surface area contributed by atoms with E-state index in [9.17, 15) is 9.59 Å². The Labute approximate surface area is 140 Å². The van der Waals surface area contributed by atoms with E-state index in [0.717, 1.165) is 10.9 Å². The molecule has 0 saturated carbocycles. The van der Waals surface area contributed by atoms with Crippen LogP contribution in [0.25, 0.3) is 11.0 Å². The smallest absolute Gasteiger partial charge is 0.345 e. The maximum Gasteiger partial charge on any atom is 0.345 e. The van der Waals surface area contributed by atoms with Crippen molar-refractivity contribution in [1.82, 2.24) is 4.98 Å². The van der Waals surface area contributed by atoms with Crippen LogP contribution in [-0.2, 0) is 6.42 Å². The van der Waals surface area contributed by atoms with Gasteiger partial charge in [-0.1, -0.05) is 6.92 Å². The van der Waals surface area contributed by atoms with Crippen LogP contribution in [0.3, 0.4) is 0 Å². The van der Waals surface area contributed by atoms with Crippen LogP contribution in [0.4, 0.5) is 0 Å². The summed E-state index contributed by atoms with van der Waals surface area (Å²) in [5, 5.41) is 0.830. The molecule has 0 spiro atoms. The summed E-state index contributed by atoms with van der Waals surface area (Å²) in [6.07, 6.45) is 3.71. The van der Waals surface area contributed by atoms with Gasteiger partial charge >= 0.3 is 11.6 Å². The van der Waals surface area contributed by atoms with Gasteiger partial charge in [0.25, 0.3) is 0 Å². The number of aromatic nitrogens is 1. The Bertz CT molecular complexity index is 949. The van der Waals surface area contributed by atoms with Crippen LogP contribution in [-0.4, -0.2) is 11.0 Å². The van der Waals surface area contributed by atoms with Crippen molar-refractivity contribution in [1.29, 1.82) is 0 Å². The minimum Gasteiger partial charge on any atom is -0.423 e. The van der Waals surface area contributed by atoms with E-state index in [-0.39, 0.29) is 0 Å². The second-order valence-electron chi connectivity index (χ2n) is 4.88. The third-order valence-corrected chi connectivity index (χ3v) is 3.77. The summed E-state index contributed by atoms with van der Waals surface area (Å²) >= 11 is 3.25. The number of halogens is 1. The molecule has 0 saturated heterocycles. The van der Waals surface area contributed by atoms with Gasteiger partial charge in [0, 0.05) is 34.4 Å². The molecule has 2 aromatic heterocycles. The average Bonchev–Trinajstić information content (AvgIpc) is 2.53. The lowest BCUT2D eigenvalue weighted by Gasteiger charge is -2.07. The van der Waals surface area contributed by atoms with Gasteiger partial charge < -0.3 is 9.15 Å². The molecular formula is C17H12BrNO4. The number of fused-ring (bicyclic) bond motifs is 1. The maximum atomic E-state index is 12.1. The SMILES string of the molecule is CCc1cc(=O)oc2cc(OC(=O)c3cncc(Br)c3)ccc12. The maximum absolute atomic E-state index is 12.1. The van der Waals surface area contributed by atoms with Crippen LogP contribution in [0.2, 0.25) is 0 Å². The number of esters is 1. The summed E-state index contributed by atoms with van der Waals surface area (Å²) in [4.78, 5) is 27.6. The van der Waals surface area contributed by atoms with Crippen LogP contribution < -0.4 is 10.4 Å². The molecule has 23 heavy (non-hydrogen) atoms. The lowest BCUT2D eigenvalue weighted by molar-refractivity contribution is 0.0734. The number of pyridine rings is 1. The van der Waals surface area contributed by atoms with E-state index in [1.54, 1.807) is 30.5 Å². The van der Waals surface area contributed by atoms with Gasteiger partial charge in [-0.25, -0.2) is 9.59 Å². The zero-order valence-corrected chi connectivity index (χ0v) is 13.8. The number of ether oxygens (including phenoxy) is 1. The van der Waals surface area contributed by atoms with Gasteiger partial charge in [0.15, 0.2) is 0 Å². The third kappa shape index (κ3) is 3.32. The summed E-state index contributed by atoms with van der Waals surface area (Å²) in [6.45, 7) is 1.96. The van der Waals surface area contributed by atoms with Gasteiger partial charge in [0.2, 0.25) is 0 Å². The lowest BCUT2D eigenvalue weighted by Crippen LogP contribution is -2.09. The Balaban J connectivity index is 1.95. The molecule has 0 atom stereocenters. The summed E-state index contributed by atoms with van der Waals surface area (Å²) in [5.41, 5.74) is 1.19. The molecule has 0 aliphatic heterocycles. The largest absolute Gasteiger partial charge is 0.423 e. The second kappa shape index (κ2) is 6.34. The van der Waals surface area contributed by atoms with Crippen LogP contribution in [0.5, 0.6) is 5.75 Å². The lowest BCUT2D eigenvalue weighted by atomic mass is 10.1. The average molecular weight is 374 g/mol. The van der Waals surface area contributed by atoms with E-state index in [0.29, 0.717) is 27.8 Å². The molecule has 5 nitrogen and oxygen atoms in total. The van der Waals surface area contributed by atoms with Crippen molar-refractivity contribution in [3.05, 3.63) is 68.7 Å². The summed E-state index contributed by atoms with van der Waals surface area (Å²) < 4.78 is 11.2. The van der Waals surface area contributed by atoms with E-state index in [2.05, 4.69) is 20.9 Å². The highest BCUT2D eigenvalue weighted by Gasteiger charge is 2.11. The van der Waals surface area contributed by atoms with Gasteiger partial charge in [-0.2, -0.15) is 0 Å². The topological polar surface area (TPSA) is 69.4 Å². The Hall–Kier alpha value is -2.47. The fourth-order valence-corrected chi connectivity index (χ4v) is 2.62. The van der Waals surface area contributed by atoms with E-state index in [1.165, 1.54) is 12.3 Å². The highest BCUT2D eigenvalue weighted by Crippen LogP contribution is 2.24. The van der Waals surface area contributed by atoms with Gasteiger partial charge in [0.05, 0.1) is 5.56 Å². The zero-order chi connectivity index (χ0) is 16.4. The highest BCUT2D eigenvalue weighted by molar-refractivity contribution is 9.10. The molecule has 116 valence electrons. The molecule has 0 bridgehead atoms. The Morgan fingerprint density at radius 2 is 2.09 bits per heavy atom. The van der Waals surface area contributed by atoms with E-state index in [4.69, 9.17) is 9.15 Å². The number of benzene rings is 1. The first-order chi connectivity index (χ1) is 11.1. The fourth-order valence-electron chi connectivity index (χ4n) is 2.26. The molecule has 0 amide bonds. The number of hydrogen-bond donors (Lipinski definition) is 0. The standard InChI is InChI=1S/C17H12BrNO4/c1-2-10-6-16(20)23-15-7-13(3-4-14(10)15)22-17(21)11-5-12(18)9-19-8-11/h3-9H,2H2,1H3. The van der Waals surface area contributed by atoms with Crippen molar-refractivity contribution >= 4 is 32.9 Å². The minimum atomic E-state index is -0.535. The normalized spacial score (nSPS) is 10.7. The summed E-state index contributed by atoms with van der Waals surface area (Å²) in [6, 6.07) is 8.08. The number of carbonyl (C=O) groups excluding carboxylic acids is 1. The molecule has 0 radical (unpaired) electrons. The van der Waals surface area contributed by atoms with E-state index >= 15 is 0 Å². The van der Waals surface area contributed by atoms with Gasteiger partial charge in [-0.15, -0.1) is 0 Å². The molecule has 0 N–H and O–H groups in total. The summed E-state index contributed by atoms with van der Waals surface area (Å²) in [7, 11) is 0. The number of rotatable bonds is 3. The number of nitrogens with zero attached hydrogens (tertiary/aromatic N) is 1. The molecule has 2 heterocycles. The first-order valence-corrected chi connectivity index (χ1v) is 7.75. The van der Waals surface area contributed by atoms with Crippen LogP contribution in [0, 0.1) is 0 Å². The number of aryl methyl sites for hydroxylation is 1. The molecular weight excluding hydrogens is 362 g/mol. The van der Waals surface area contributed by atoms with Crippen molar-refractivity contribution in [3.8, 4) is 5.75 Å². The van der Waals surface area contributed by atoms with Crippen molar-refractivity contribution in [2.45, 2.75) is 13.3 Å². The third-order valence-electron chi connectivity index (χ3n) is 3.33. The zero-order valence-electron chi connectivity index (χ0n) is 12.2. The van der Waals surface area contributed by atoms with Crippen LogP contribution in [0.15, 0.2) is 56.4 Å². The molecule has 1 aromatic carbocycles.